The number of ether oxygens (including phenoxy) is 2. The van der Waals surface area contributed by atoms with Gasteiger partial charge in [0.1, 0.15) is 18.1 Å². The molecule has 0 bridgehead atoms. The van der Waals surface area contributed by atoms with Crippen molar-refractivity contribution in [2.75, 3.05) is 17.7 Å². The minimum Gasteiger partial charge on any atom is -0.492 e. The van der Waals surface area contributed by atoms with Crippen molar-refractivity contribution < 1.29 is 14.3 Å². The van der Waals surface area contributed by atoms with Gasteiger partial charge in [-0.2, -0.15) is 0 Å². The van der Waals surface area contributed by atoms with Crippen LogP contribution in [-0.4, -0.2) is 33.0 Å². The average molecular weight is 459 g/mol. The van der Waals surface area contributed by atoms with Gasteiger partial charge in [0.2, 0.25) is 5.91 Å². The minimum absolute atomic E-state index is 0.167. The number of thioether (sulfide) groups is 1. The Labute approximate surface area is 190 Å². The Bertz CT molecular complexity index is 1040. The van der Waals surface area contributed by atoms with E-state index < -0.39 is 0 Å². The number of rotatable bonds is 11. The van der Waals surface area contributed by atoms with Gasteiger partial charge in [-0.1, -0.05) is 53.7 Å². The van der Waals surface area contributed by atoms with Gasteiger partial charge < -0.3 is 14.8 Å². The molecule has 0 spiro atoms. The molecule has 0 aliphatic carbocycles. The standard InChI is InChI=1S/C22H23ClN4O3S/c1-3-13-27-20(14-30-18-11-7-5-9-16(18)23)25-26-22(27)31-15-21(28)24-17-10-6-8-12-19(17)29-4-2/h3,5-12H,1,4,13-15H2,2H3,(H,24,28). The fourth-order valence-electron chi connectivity index (χ4n) is 2.72. The van der Waals surface area contributed by atoms with Crippen molar-refractivity contribution in [1.29, 1.82) is 0 Å². The Kier molecular flexibility index (Phi) is 8.37. The van der Waals surface area contributed by atoms with Gasteiger partial charge in [-0.15, -0.1) is 16.8 Å². The average Bonchev–Trinajstić information content (AvgIpc) is 3.15. The van der Waals surface area contributed by atoms with E-state index in [4.69, 9.17) is 21.1 Å². The summed E-state index contributed by atoms with van der Waals surface area (Å²) in [5.74, 6) is 1.82. The lowest BCUT2D eigenvalue weighted by Crippen LogP contribution is -2.15. The summed E-state index contributed by atoms with van der Waals surface area (Å²) in [7, 11) is 0. The number of hydrogen-bond acceptors (Lipinski definition) is 6. The molecule has 0 aliphatic heterocycles. The second-order valence-electron chi connectivity index (χ2n) is 6.28. The maximum atomic E-state index is 12.5. The lowest BCUT2D eigenvalue weighted by atomic mass is 10.3. The van der Waals surface area contributed by atoms with Crippen molar-refractivity contribution in [3.8, 4) is 11.5 Å². The van der Waals surface area contributed by atoms with Gasteiger partial charge in [0.25, 0.3) is 0 Å². The summed E-state index contributed by atoms with van der Waals surface area (Å²) in [6.07, 6.45) is 1.74. The number of allylic oxidation sites excluding steroid dienone is 1. The summed E-state index contributed by atoms with van der Waals surface area (Å²) in [4.78, 5) is 12.5. The predicted molar refractivity (Wildman–Crippen MR) is 123 cm³/mol. The van der Waals surface area contributed by atoms with Gasteiger partial charge in [0.15, 0.2) is 11.0 Å². The zero-order valence-electron chi connectivity index (χ0n) is 17.1. The number of hydrogen-bond donors (Lipinski definition) is 1. The number of amides is 1. The smallest absolute Gasteiger partial charge is 0.234 e. The van der Waals surface area contributed by atoms with Crippen LogP contribution in [0.1, 0.15) is 12.7 Å². The van der Waals surface area contributed by atoms with Crippen molar-refractivity contribution in [3.05, 3.63) is 72.0 Å². The van der Waals surface area contributed by atoms with E-state index in [9.17, 15) is 4.79 Å². The second kappa shape index (κ2) is 11.4. The van der Waals surface area contributed by atoms with E-state index in [1.54, 1.807) is 24.3 Å². The van der Waals surface area contributed by atoms with Gasteiger partial charge in [-0.3, -0.25) is 9.36 Å². The second-order valence-corrected chi connectivity index (χ2v) is 7.63. The first-order valence-corrected chi connectivity index (χ1v) is 11.0. The van der Waals surface area contributed by atoms with Crippen LogP contribution in [0, 0.1) is 0 Å². The molecule has 2 aromatic carbocycles. The fraction of sp³-hybridized carbons (Fsp3) is 0.227. The maximum Gasteiger partial charge on any atom is 0.234 e. The zero-order chi connectivity index (χ0) is 22.1. The van der Waals surface area contributed by atoms with Crippen molar-refractivity contribution in [2.24, 2.45) is 0 Å². The minimum atomic E-state index is -0.167. The molecule has 1 N–H and O–H groups in total. The van der Waals surface area contributed by atoms with Crippen LogP contribution in [0.2, 0.25) is 5.02 Å². The van der Waals surface area contributed by atoms with E-state index in [1.807, 2.05) is 41.8 Å². The summed E-state index contributed by atoms with van der Waals surface area (Å²) < 4.78 is 13.2. The van der Waals surface area contributed by atoms with Gasteiger partial charge in [-0.25, -0.2) is 0 Å². The molecule has 3 rings (SSSR count). The fourth-order valence-corrected chi connectivity index (χ4v) is 3.67. The molecule has 0 fully saturated rings. The topological polar surface area (TPSA) is 78.3 Å². The van der Waals surface area contributed by atoms with Crippen molar-refractivity contribution in [3.63, 3.8) is 0 Å². The van der Waals surface area contributed by atoms with E-state index in [1.165, 1.54) is 11.8 Å². The number of carbonyl (C=O) groups excluding carboxylic acids is 1. The van der Waals surface area contributed by atoms with Crippen molar-refractivity contribution in [1.82, 2.24) is 14.8 Å². The number of halogens is 1. The molecular formula is C22H23ClN4O3S. The molecule has 3 aromatic rings. The monoisotopic (exact) mass is 458 g/mol. The Morgan fingerprint density at radius 1 is 1.16 bits per heavy atom. The molecule has 0 aliphatic rings. The summed E-state index contributed by atoms with van der Waals surface area (Å²) in [5.41, 5.74) is 0.635. The summed E-state index contributed by atoms with van der Waals surface area (Å²) in [5, 5.41) is 12.4. The molecule has 9 heteroatoms. The molecule has 0 saturated carbocycles. The predicted octanol–water partition coefficient (Wildman–Crippen LogP) is 4.83. The first-order chi connectivity index (χ1) is 15.1. The number of carbonyl (C=O) groups is 1. The number of benzene rings is 2. The lowest BCUT2D eigenvalue weighted by Gasteiger charge is -2.11. The molecule has 1 aromatic heterocycles. The van der Waals surface area contributed by atoms with Gasteiger partial charge in [-0.05, 0) is 31.2 Å². The highest BCUT2D eigenvalue weighted by atomic mass is 35.5. The highest BCUT2D eigenvalue weighted by molar-refractivity contribution is 7.99. The van der Waals surface area contributed by atoms with Crippen LogP contribution in [0.15, 0.2) is 66.3 Å². The Hall–Kier alpha value is -2.97. The van der Waals surface area contributed by atoms with Crippen LogP contribution < -0.4 is 14.8 Å². The summed E-state index contributed by atoms with van der Waals surface area (Å²) in [6, 6.07) is 14.6. The van der Waals surface area contributed by atoms with E-state index in [-0.39, 0.29) is 18.3 Å². The highest BCUT2D eigenvalue weighted by Gasteiger charge is 2.15. The maximum absolute atomic E-state index is 12.5. The van der Waals surface area contributed by atoms with Gasteiger partial charge in [0.05, 0.1) is 23.1 Å². The third-order valence-corrected chi connectivity index (χ3v) is 5.37. The van der Waals surface area contributed by atoms with E-state index in [2.05, 4.69) is 22.1 Å². The highest BCUT2D eigenvalue weighted by Crippen LogP contribution is 2.26. The summed E-state index contributed by atoms with van der Waals surface area (Å²) >= 11 is 7.42. The normalized spacial score (nSPS) is 10.5. The van der Waals surface area contributed by atoms with Crippen molar-refractivity contribution in [2.45, 2.75) is 25.2 Å². The van der Waals surface area contributed by atoms with E-state index >= 15 is 0 Å². The molecule has 162 valence electrons. The number of nitrogens with one attached hydrogen (secondary N) is 1. The zero-order valence-corrected chi connectivity index (χ0v) is 18.7. The Morgan fingerprint density at radius 2 is 1.90 bits per heavy atom. The number of aromatic nitrogens is 3. The van der Waals surface area contributed by atoms with Crippen molar-refractivity contribution >= 4 is 35.0 Å². The largest absolute Gasteiger partial charge is 0.492 e. The van der Waals surface area contributed by atoms with E-state index in [0.29, 0.717) is 46.3 Å². The van der Waals surface area contributed by atoms with Crippen LogP contribution in [0.5, 0.6) is 11.5 Å². The first-order valence-electron chi connectivity index (χ1n) is 9.67. The van der Waals surface area contributed by atoms with Crippen LogP contribution in [0.25, 0.3) is 0 Å². The number of nitrogens with zero attached hydrogens (tertiary/aromatic N) is 3. The molecule has 0 atom stereocenters. The molecule has 1 amide bonds. The van der Waals surface area contributed by atoms with Gasteiger partial charge >= 0.3 is 0 Å². The van der Waals surface area contributed by atoms with Crippen LogP contribution in [0.4, 0.5) is 5.69 Å². The molecule has 31 heavy (non-hydrogen) atoms. The Morgan fingerprint density at radius 3 is 2.65 bits per heavy atom. The molecule has 7 nitrogen and oxygen atoms in total. The van der Waals surface area contributed by atoms with Crippen LogP contribution in [0.3, 0.4) is 0 Å². The summed E-state index contributed by atoms with van der Waals surface area (Å²) in [6.45, 7) is 6.89. The van der Waals surface area contributed by atoms with E-state index in [0.717, 1.165) is 0 Å². The third kappa shape index (κ3) is 6.26. The van der Waals surface area contributed by atoms with Gasteiger partial charge in [0, 0.05) is 6.54 Å². The van der Waals surface area contributed by atoms with Crippen LogP contribution >= 0.6 is 23.4 Å². The lowest BCUT2D eigenvalue weighted by molar-refractivity contribution is -0.113. The molecule has 0 unspecified atom stereocenters. The molecule has 0 radical (unpaired) electrons. The Balaban J connectivity index is 1.63. The molecular weight excluding hydrogens is 436 g/mol. The first kappa shape index (κ1) is 22.7. The quantitative estimate of drug-likeness (QED) is 0.327. The number of para-hydroxylation sites is 3. The molecule has 0 saturated heterocycles. The molecule has 1 heterocycles. The third-order valence-electron chi connectivity index (χ3n) is 4.09. The number of anilines is 1. The SMILES string of the molecule is C=CCn1c(COc2ccccc2Cl)nnc1SCC(=O)Nc1ccccc1OCC. The van der Waals surface area contributed by atoms with Crippen LogP contribution in [-0.2, 0) is 17.9 Å².